The molecule has 1 aromatic carbocycles. The molecule has 1 nitrogen and oxygen atoms in total. The van der Waals surface area contributed by atoms with Gasteiger partial charge < -0.3 is 5.32 Å². The molecule has 1 fully saturated rings. The summed E-state index contributed by atoms with van der Waals surface area (Å²) in [5, 5.41) is 3.39. The first-order chi connectivity index (χ1) is 6.84. The molecule has 1 aromatic rings. The van der Waals surface area contributed by atoms with Crippen LogP contribution in [0.4, 0.5) is 4.39 Å². The maximum absolute atomic E-state index is 12.7. The standard InChI is InChI=1S/C12H16FN.ClH/c13-12-5-3-10(4-6-12)8-11-2-1-7-14-9-11;/h3-6,11,14H,1-2,7-9H2;1H/t11-;/m0./s1. The predicted octanol–water partition coefficient (Wildman–Crippen LogP) is 2.79. The molecule has 1 N–H and O–H groups in total. The Morgan fingerprint density at radius 2 is 2.00 bits per heavy atom. The Kier molecular flexibility index (Phi) is 5.06. The first-order valence-electron chi connectivity index (χ1n) is 5.30. The Bertz CT molecular complexity index is 280. The molecule has 1 aliphatic heterocycles. The van der Waals surface area contributed by atoms with Crippen LogP contribution in [0.25, 0.3) is 0 Å². The summed E-state index contributed by atoms with van der Waals surface area (Å²) in [5.74, 6) is 0.588. The molecule has 2 rings (SSSR count). The molecule has 3 heteroatoms. The number of rotatable bonds is 2. The molecule has 15 heavy (non-hydrogen) atoms. The van der Waals surface area contributed by atoms with E-state index in [0.29, 0.717) is 0 Å². The summed E-state index contributed by atoms with van der Waals surface area (Å²) in [6.45, 7) is 2.26. The fourth-order valence-corrected chi connectivity index (χ4v) is 2.05. The van der Waals surface area contributed by atoms with Crippen LogP contribution in [0.5, 0.6) is 0 Å². The first-order valence-corrected chi connectivity index (χ1v) is 5.30. The second kappa shape index (κ2) is 6.09. The lowest BCUT2D eigenvalue weighted by molar-refractivity contribution is 0.376. The lowest BCUT2D eigenvalue weighted by Gasteiger charge is -2.22. The van der Waals surface area contributed by atoms with Crippen LogP contribution in [0.1, 0.15) is 18.4 Å². The van der Waals surface area contributed by atoms with E-state index in [-0.39, 0.29) is 18.2 Å². The SMILES string of the molecule is Cl.Fc1ccc(C[C@@H]2CCCNC2)cc1. The Morgan fingerprint density at radius 3 is 2.60 bits per heavy atom. The van der Waals surface area contributed by atoms with Crippen LogP contribution in [0.15, 0.2) is 24.3 Å². The van der Waals surface area contributed by atoms with E-state index >= 15 is 0 Å². The number of piperidine rings is 1. The van der Waals surface area contributed by atoms with Crippen LogP contribution in [0, 0.1) is 11.7 Å². The van der Waals surface area contributed by atoms with Gasteiger partial charge in [0.2, 0.25) is 0 Å². The van der Waals surface area contributed by atoms with Gasteiger partial charge in [0, 0.05) is 0 Å². The summed E-state index contributed by atoms with van der Waals surface area (Å²) < 4.78 is 12.7. The lowest BCUT2D eigenvalue weighted by Crippen LogP contribution is -2.30. The number of nitrogens with one attached hydrogen (secondary N) is 1. The largest absolute Gasteiger partial charge is 0.316 e. The maximum Gasteiger partial charge on any atom is 0.123 e. The molecule has 0 spiro atoms. The van der Waals surface area contributed by atoms with Crippen molar-refractivity contribution in [3.63, 3.8) is 0 Å². The molecule has 0 unspecified atom stereocenters. The minimum atomic E-state index is -0.143. The average molecular weight is 230 g/mol. The van der Waals surface area contributed by atoms with Gasteiger partial charge in [-0.15, -0.1) is 12.4 Å². The smallest absolute Gasteiger partial charge is 0.123 e. The van der Waals surface area contributed by atoms with Crippen LogP contribution < -0.4 is 5.32 Å². The Hall–Kier alpha value is -0.600. The molecular formula is C12H17ClFN. The Balaban J connectivity index is 0.00000112. The molecule has 0 aromatic heterocycles. The normalized spacial score (nSPS) is 20.7. The van der Waals surface area contributed by atoms with Gasteiger partial charge >= 0.3 is 0 Å². The average Bonchev–Trinajstić information content (AvgIpc) is 2.23. The van der Waals surface area contributed by atoms with Crippen molar-refractivity contribution in [2.75, 3.05) is 13.1 Å². The summed E-state index contributed by atoms with van der Waals surface area (Å²) in [4.78, 5) is 0. The quantitative estimate of drug-likeness (QED) is 0.823. The number of halogens is 2. The molecule has 1 atom stereocenters. The van der Waals surface area contributed by atoms with Gasteiger partial charge in [-0.1, -0.05) is 12.1 Å². The van der Waals surface area contributed by atoms with Crippen molar-refractivity contribution in [2.24, 2.45) is 5.92 Å². The number of benzene rings is 1. The van der Waals surface area contributed by atoms with Crippen molar-refractivity contribution in [3.8, 4) is 0 Å². The maximum atomic E-state index is 12.7. The molecule has 0 amide bonds. The molecule has 0 saturated carbocycles. The van der Waals surface area contributed by atoms with Gasteiger partial charge in [-0.2, -0.15) is 0 Å². The van der Waals surface area contributed by atoms with Crippen LogP contribution in [-0.2, 0) is 6.42 Å². The Morgan fingerprint density at radius 1 is 1.27 bits per heavy atom. The van der Waals surface area contributed by atoms with Gasteiger partial charge in [0.1, 0.15) is 5.82 Å². The van der Waals surface area contributed by atoms with Crippen molar-refractivity contribution in [2.45, 2.75) is 19.3 Å². The monoisotopic (exact) mass is 229 g/mol. The summed E-state index contributed by atoms with van der Waals surface area (Å²) >= 11 is 0. The van der Waals surface area contributed by atoms with Crippen LogP contribution >= 0.6 is 12.4 Å². The summed E-state index contributed by atoms with van der Waals surface area (Å²) in [7, 11) is 0. The van der Waals surface area contributed by atoms with E-state index in [1.807, 2.05) is 12.1 Å². The van der Waals surface area contributed by atoms with E-state index in [4.69, 9.17) is 0 Å². The number of hydrogen-bond acceptors (Lipinski definition) is 1. The highest BCUT2D eigenvalue weighted by Crippen LogP contribution is 2.16. The van der Waals surface area contributed by atoms with Gasteiger partial charge in [-0.05, 0) is 56.0 Å². The molecule has 0 aliphatic carbocycles. The zero-order valence-corrected chi connectivity index (χ0v) is 9.52. The molecule has 1 heterocycles. The highest BCUT2D eigenvalue weighted by atomic mass is 35.5. The fourth-order valence-electron chi connectivity index (χ4n) is 2.05. The van der Waals surface area contributed by atoms with Crippen molar-refractivity contribution in [1.82, 2.24) is 5.32 Å². The third-order valence-electron chi connectivity index (χ3n) is 2.84. The first kappa shape index (κ1) is 12.5. The summed E-state index contributed by atoms with van der Waals surface area (Å²) in [5.41, 5.74) is 1.25. The van der Waals surface area contributed by atoms with Gasteiger partial charge in [0.15, 0.2) is 0 Å². The van der Waals surface area contributed by atoms with Crippen LogP contribution in [-0.4, -0.2) is 13.1 Å². The van der Waals surface area contributed by atoms with Gasteiger partial charge in [0.05, 0.1) is 0 Å². The molecule has 0 bridgehead atoms. The van der Waals surface area contributed by atoms with Crippen LogP contribution in [0.3, 0.4) is 0 Å². The van der Waals surface area contributed by atoms with E-state index in [0.717, 1.165) is 25.4 Å². The highest BCUT2D eigenvalue weighted by molar-refractivity contribution is 5.85. The molecular weight excluding hydrogens is 213 g/mol. The zero-order valence-electron chi connectivity index (χ0n) is 8.71. The Labute approximate surface area is 96.5 Å². The van der Waals surface area contributed by atoms with Gasteiger partial charge in [-0.25, -0.2) is 4.39 Å². The van der Waals surface area contributed by atoms with E-state index in [1.54, 1.807) is 12.1 Å². The fraction of sp³-hybridized carbons (Fsp3) is 0.500. The van der Waals surface area contributed by atoms with Crippen molar-refractivity contribution < 1.29 is 4.39 Å². The van der Waals surface area contributed by atoms with Gasteiger partial charge in [-0.3, -0.25) is 0 Å². The third-order valence-corrected chi connectivity index (χ3v) is 2.84. The molecule has 84 valence electrons. The van der Waals surface area contributed by atoms with E-state index in [1.165, 1.54) is 18.4 Å². The number of hydrogen-bond donors (Lipinski definition) is 1. The van der Waals surface area contributed by atoms with Crippen molar-refractivity contribution >= 4 is 12.4 Å². The van der Waals surface area contributed by atoms with E-state index in [9.17, 15) is 4.39 Å². The summed E-state index contributed by atoms with van der Waals surface area (Å²) in [6.07, 6.45) is 3.64. The van der Waals surface area contributed by atoms with Gasteiger partial charge in [0.25, 0.3) is 0 Å². The zero-order chi connectivity index (χ0) is 9.80. The van der Waals surface area contributed by atoms with E-state index < -0.39 is 0 Å². The lowest BCUT2D eigenvalue weighted by atomic mass is 9.92. The van der Waals surface area contributed by atoms with E-state index in [2.05, 4.69) is 5.32 Å². The van der Waals surface area contributed by atoms with Crippen molar-refractivity contribution in [3.05, 3.63) is 35.6 Å². The summed E-state index contributed by atoms with van der Waals surface area (Å²) in [6, 6.07) is 6.88. The molecule has 1 aliphatic rings. The van der Waals surface area contributed by atoms with Crippen molar-refractivity contribution in [1.29, 1.82) is 0 Å². The topological polar surface area (TPSA) is 12.0 Å². The molecule has 0 radical (unpaired) electrons. The highest BCUT2D eigenvalue weighted by Gasteiger charge is 2.12. The second-order valence-electron chi connectivity index (χ2n) is 4.04. The minimum Gasteiger partial charge on any atom is -0.316 e. The van der Waals surface area contributed by atoms with Crippen LogP contribution in [0.2, 0.25) is 0 Å². The molecule has 1 saturated heterocycles. The predicted molar refractivity (Wildman–Crippen MR) is 62.9 cm³/mol. The minimum absolute atomic E-state index is 0. The second-order valence-corrected chi connectivity index (χ2v) is 4.04. The third kappa shape index (κ3) is 3.80.